The Bertz CT molecular complexity index is 1200. The van der Waals surface area contributed by atoms with Crippen molar-refractivity contribution in [3.05, 3.63) is 53.6 Å². The van der Waals surface area contributed by atoms with Crippen LogP contribution >= 0.6 is 0 Å². The number of ether oxygens (including phenoxy) is 1. The molecule has 10 heteroatoms. The lowest BCUT2D eigenvalue weighted by atomic mass is 10.1. The van der Waals surface area contributed by atoms with E-state index in [1.54, 1.807) is 19.1 Å². The number of benzene rings is 2. The fourth-order valence-corrected chi connectivity index (χ4v) is 5.99. The molecule has 0 spiro atoms. The second-order valence-corrected chi connectivity index (χ2v) is 12.2. The molecule has 2 aromatic rings. The highest BCUT2D eigenvalue weighted by Gasteiger charge is 2.27. The van der Waals surface area contributed by atoms with E-state index in [0.717, 1.165) is 31.9 Å². The van der Waals surface area contributed by atoms with Crippen LogP contribution in [0.15, 0.2) is 52.3 Å². The molecule has 0 aromatic heterocycles. The van der Waals surface area contributed by atoms with Crippen LogP contribution in [0.25, 0.3) is 0 Å². The fraction of sp³-hybridized carbons (Fsp3) is 0.435. The summed E-state index contributed by atoms with van der Waals surface area (Å²) in [7, 11) is -5.62. The first-order valence-corrected chi connectivity index (χ1v) is 14.2. The predicted molar refractivity (Wildman–Crippen MR) is 126 cm³/mol. The lowest BCUT2D eigenvalue weighted by Crippen LogP contribution is -2.32. The summed E-state index contributed by atoms with van der Waals surface area (Å²) in [6.07, 6.45) is 4.78. The number of carbonyl (C=O) groups is 1. The van der Waals surface area contributed by atoms with Crippen LogP contribution in [0.1, 0.15) is 54.6 Å². The van der Waals surface area contributed by atoms with Gasteiger partial charge in [-0.1, -0.05) is 25.0 Å². The molecule has 2 aromatic carbocycles. The summed E-state index contributed by atoms with van der Waals surface area (Å²) >= 11 is 0. The molecule has 0 saturated carbocycles. The van der Waals surface area contributed by atoms with Gasteiger partial charge in [0.15, 0.2) is 9.84 Å². The first-order chi connectivity index (χ1) is 15.5. The minimum absolute atomic E-state index is 0.0560. The molecule has 1 heterocycles. The second kappa shape index (κ2) is 10.2. The zero-order chi connectivity index (χ0) is 24.2. The maximum atomic E-state index is 13.2. The van der Waals surface area contributed by atoms with E-state index in [4.69, 9.17) is 4.74 Å². The van der Waals surface area contributed by atoms with Gasteiger partial charge in [-0.25, -0.2) is 16.8 Å². The van der Waals surface area contributed by atoms with E-state index in [-0.39, 0.29) is 21.1 Å². The van der Waals surface area contributed by atoms with Crippen LogP contribution in [-0.4, -0.2) is 53.5 Å². The number of sulfone groups is 1. The summed E-state index contributed by atoms with van der Waals surface area (Å²) < 4.78 is 56.5. The van der Waals surface area contributed by atoms with Crippen LogP contribution in [0, 0.1) is 0 Å². The van der Waals surface area contributed by atoms with Crippen molar-refractivity contribution in [2.24, 2.45) is 0 Å². The normalized spacial score (nSPS) is 16.6. The van der Waals surface area contributed by atoms with E-state index in [9.17, 15) is 21.6 Å². The van der Waals surface area contributed by atoms with Crippen LogP contribution < -0.4 is 10.1 Å². The molecule has 0 unspecified atom stereocenters. The van der Waals surface area contributed by atoms with Crippen molar-refractivity contribution in [2.75, 3.05) is 26.5 Å². The van der Waals surface area contributed by atoms with Crippen molar-refractivity contribution < 1.29 is 26.4 Å². The van der Waals surface area contributed by atoms with E-state index in [0.29, 0.717) is 18.7 Å². The Kier molecular flexibility index (Phi) is 7.81. The van der Waals surface area contributed by atoms with Gasteiger partial charge in [0.1, 0.15) is 5.75 Å². The van der Waals surface area contributed by atoms with E-state index in [1.165, 1.54) is 41.7 Å². The molecule has 1 saturated heterocycles. The summed E-state index contributed by atoms with van der Waals surface area (Å²) in [6, 6.07) is 10.1. The molecule has 1 aliphatic heterocycles. The van der Waals surface area contributed by atoms with E-state index >= 15 is 0 Å². The zero-order valence-corrected chi connectivity index (χ0v) is 20.7. The van der Waals surface area contributed by atoms with Crippen molar-refractivity contribution in [1.82, 2.24) is 9.62 Å². The first-order valence-electron chi connectivity index (χ1n) is 10.8. The molecule has 1 amide bonds. The van der Waals surface area contributed by atoms with E-state index in [2.05, 4.69) is 5.32 Å². The molecule has 1 aliphatic rings. The third-order valence-corrected chi connectivity index (χ3v) is 8.80. The fourth-order valence-electron chi connectivity index (χ4n) is 3.82. The number of carbonyl (C=O) groups excluding carboxylic acids is 1. The van der Waals surface area contributed by atoms with Gasteiger partial charge < -0.3 is 10.1 Å². The Morgan fingerprint density at radius 2 is 1.52 bits per heavy atom. The molecular weight excluding hydrogens is 464 g/mol. The lowest BCUT2D eigenvalue weighted by molar-refractivity contribution is 0.0936. The van der Waals surface area contributed by atoms with Crippen LogP contribution in [0.4, 0.5) is 0 Å². The van der Waals surface area contributed by atoms with Crippen LogP contribution in [0.5, 0.6) is 5.75 Å². The van der Waals surface area contributed by atoms with Crippen LogP contribution in [-0.2, 0) is 19.9 Å². The second-order valence-electron chi connectivity index (χ2n) is 8.22. The van der Waals surface area contributed by atoms with Crippen molar-refractivity contribution >= 4 is 25.8 Å². The highest BCUT2D eigenvalue weighted by Crippen LogP contribution is 2.27. The minimum Gasteiger partial charge on any atom is -0.496 e. The Morgan fingerprint density at radius 1 is 0.939 bits per heavy atom. The topological polar surface area (TPSA) is 110 Å². The predicted octanol–water partition coefficient (Wildman–Crippen LogP) is 3.15. The van der Waals surface area contributed by atoms with Gasteiger partial charge in [0.25, 0.3) is 5.91 Å². The van der Waals surface area contributed by atoms with Gasteiger partial charge in [0.05, 0.1) is 28.5 Å². The van der Waals surface area contributed by atoms with E-state index in [1.807, 2.05) is 0 Å². The molecule has 1 fully saturated rings. The third kappa shape index (κ3) is 5.93. The quantitative estimate of drug-likeness (QED) is 0.633. The Balaban J connectivity index is 1.84. The van der Waals surface area contributed by atoms with Crippen molar-refractivity contribution in [2.45, 2.75) is 48.4 Å². The van der Waals surface area contributed by atoms with Crippen molar-refractivity contribution in [1.29, 1.82) is 0 Å². The van der Waals surface area contributed by atoms with Gasteiger partial charge in [-0.15, -0.1) is 0 Å². The van der Waals surface area contributed by atoms with Gasteiger partial charge in [-0.3, -0.25) is 4.79 Å². The monoisotopic (exact) mass is 494 g/mol. The van der Waals surface area contributed by atoms with Gasteiger partial charge in [-0.05, 0) is 55.7 Å². The van der Waals surface area contributed by atoms with Crippen molar-refractivity contribution in [3.8, 4) is 5.75 Å². The molecule has 8 nitrogen and oxygen atoms in total. The Morgan fingerprint density at radius 3 is 2.06 bits per heavy atom. The highest BCUT2D eigenvalue weighted by atomic mass is 32.2. The molecule has 180 valence electrons. The van der Waals surface area contributed by atoms with Crippen LogP contribution in [0.3, 0.4) is 0 Å². The minimum atomic E-state index is -3.72. The summed E-state index contributed by atoms with van der Waals surface area (Å²) in [6.45, 7) is 2.70. The third-order valence-electron chi connectivity index (χ3n) is 5.77. The SMILES string of the molecule is COc1ccc(S(=O)(=O)N2CCCCCC2)cc1C(=O)N[C@@H](C)c1ccc(S(C)(=O)=O)cc1. The molecule has 33 heavy (non-hydrogen) atoms. The van der Waals surface area contributed by atoms with Gasteiger partial charge in [0.2, 0.25) is 10.0 Å². The van der Waals surface area contributed by atoms with E-state index < -0.39 is 31.8 Å². The number of sulfonamides is 1. The molecule has 0 aliphatic carbocycles. The smallest absolute Gasteiger partial charge is 0.255 e. The lowest BCUT2D eigenvalue weighted by Gasteiger charge is -2.21. The molecule has 3 rings (SSSR count). The van der Waals surface area contributed by atoms with Crippen molar-refractivity contribution in [3.63, 3.8) is 0 Å². The number of amides is 1. The molecule has 0 bridgehead atoms. The van der Waals surface area contributed by atoms with Gasteiger partial charge in [0, 0.05) is 19.3 Å². The zero-order valence-electron chi connectivity index (χ0n) is 19.1. The number of methoxy groups -OCH3 is 1. The average Bonchev–Trinajstić information content (AvgIpc) is 3.08. The van der Waals surface area contributed by atoms with Gasteiger partial charge in [-0.2, -0.15) is 4.31 Å². The highest BCUT2D eigenvalue weighted by molar-refractivity contribution is 7.90. The summed E-state index contributed by atoms with van der Waals surface area (Å²) in [4.78, 5) is 13.3. The standard InChI is InChI=1S/C23H30N2O6S2/c1-17(18-8-10-19(11-9-18)32(3,27)28)24-23(26)21-16-20(12-13-22(21)31-2)33(29,30)25-14-6-4-5-7-15-25/h8-13,16-17H,4-7,14-15H2,1-3H3,(H,24,26)/t17-/m0/s1. The number of hydrogen-bond donors (Lipinski definition) is 1. The average molecular weight is 495 g/mol. The number of nitrogens with zero attached hydrogens (tertiary/aromatic N) is 1. The van der Waals surface area contributed by atoms with Gasteiger partial charge >= 0.3 is 0 Å². The Labute approximate surface area is 195 Å². The Hall–Kier alpha value is -2.43. The number of nitrogens with one attached hydrogen (secondary N) is 1. The maximum absolute atomic E-state index is 13.2. The molecule has 1 atom stereocenters. The number of rotatable bonds is 7. The summed E-state index contributed by atoms with van der Waals surface area (Å²) in [5, 5.41) is 2.84. The summed E-state index contributed by atoms with van der Waals surface area (Å²) in [5.41, 5.74) is 0.830. The maximum Gasteiger partial charge on any atom is 0.255 e. The van der Waals surface area contributed by atoms with Crippen LogP contribution in [0.2, 0.25) is 0 Å². The number of hydrogen-bond acceptors (Lipinski definition) is 6. The molecule has 1 N–H and O–H groups in total. The molecule has 0 radical (unpaired) electrons. The molecular formula is C23H30N2O6S2. The first kappa shape index (κ1) is 25.2. The largest absolute Gasteiger partial charge is 0.496 e. The summed E-state index contributed by atoms with van der Waals surface area (Å²) in [5.74, 6) is -0.221.